The minimum absolute atomic E-state index is 0.0350. The first kappa shape index (κ1) is 19.0. The van der Waals surface area contributed by atoms with Crippen LogP contribution in [0.25, 0.3) is 0 Å². The van der Waals surface area contributed by atoms with Gasteiger partial charge in [0.15, 0.2) is 5.69 Å². The van der Waals surface area contributed by atoms with Crippen LogP contribution in [0.15, 0.2) is 24.5 Å². The molecule has 0 aliphatic carbocycles. The molecular weight excluding hydrogens is 344 g/mol. The highest BCUT2D eigenvalue weighted by Gasteiger charge is 2.24. The van der Waals surface area contributed by atoms with Gasteiger partial charge in [0.1, 0.15) is 0 Å². The molecule has 2 aromatic rings. The Morgan fingerprint density at radius 1 is 1.30 bits per heavy atom. The Kier molecular flexibility index (Phi) is 5.85. The van der Waals surface area contributed by atoms with Gasteiger partial charge in [-0.1, -0.05) is 0 Å². The van der Waals surface area contributed by atoms with E-state index in [1.165, 1.54) is 0 Å². The van der Waals surface area contributed by atoms with E-state index < -0.39 is 0 Å². The first-order valence-electron chi connectivity index (χ1n) is 9.15. The van der Waals surface area contributed by atoms with Gasteiger partial charge in [-0.2, -0.15) is 5.10 Å². The monoisotopic (exact) mass is 370 g/mol. The lowest BCUT2D eigenvalue weighted by Crippen LogP contribution is -2.32. The lowest BCUT2D eigenvalue weighted by molar-refractivity contribution is 0.0744. The summed E-state index contributed by atoms with van der Waals surface area (Å²) < 4.78 is 1.84. The fourth-order valence-corrected chi connectivity index (χ4v) is 3.09. The Labute approximate surface area is 159 Å². The van der Waals surface area contributed by atoms with E-state index in [-0.39, 0.29) is 11.8 Å². The van der Waals surface area contributed by atoms with Gasteiger partial charge in [0.2, 0.25) is 0 Å². The third kappa shape index (κ3) is 4.51. The number of likely N-dealkylation sites (N-methyl/N-ethyl adjacent to an activating group) is 1. The lowest BCUT2D eigenvalue weighted by atomic mass is 10.1. The average Bonchev–Trinajstić information content (AvgIpc) is 2.93. The molecule has 8 nitrogen and oxygen atoms in total. The number of fused-ring (bicyclic) bond motifs is 1. The summed E-state index contributed by atoms with van der Waals surface area (Å²) in [5, 5.41) is 7.31. The highest BCUT2D eigenvalue weighted by molar-refractivity contribution is 5.95. The molecule has 1 aliphatic rings. The van der Waals surface area contributed by atoms with Gasteiger partial charge in [0.05, 0.1) is 17.8 Å². The van der Waals surface area contributed by atoms with E-state index in [1.807, 2.05) is 36.7 Å². The molecule has 0 bridgehead atoms. The third-order valence-corrected chi connectivity index (χ3v) is 4.65. The Hall–Kier alpha value is -2.74. The van der Waals surface area contributed by atoms with Crippen LogP contribution in [0, 0.1) is 6.92 Å². The topological polar surface area (TPSA) is 83.4 Å². The van der Waals surface area contributed by atoms with Gasteiger partial charge in [-0.3, -0.25) is 19.3 Å². The molecule has 0 fully saturated rings. The van der Waals surface area contributed by atoms with Gasteiger partial charge in [-0.05, 0) is 45.1 Å². The molecule has 3 heterocycles. The molecule has 2 amide bonds. The second kappa shape index (κ2) is 8.30. The van der Waals surface area contributed by atoms with Crippen molar-refractivity contribution in [2.75, 3.05) is 33.7 Å². The Morgan fingerprint density at radius 3 is 2.85 bits per heavy atom. The lowest BCUT2D eigenvalue weighted by Gasteiger charge is -2.20. The van der Waals surface area contributed by atoms with Gasteiger partial charge < -0.3 is 15.1 Å². The van der Waals surface area contributed by atoms with Crippen LogP contribution in [0.4, 0.5) is 0 Å². The summed E-state index contributed by atoms with van der Waals surface area (Å²) in [5.74, 6) is -0.217. The molecule has 3 rings (SSSR count). The van der Waals surface area contributed by atoms with E-state index in [9.17, 15) is 9.59 Å². The Balaban J connectivity index is 1.72. The summed E-state index contributed by atoms with van der Waals surface area (Å²) >= 11 is 0. The van der Waals surface area contributed by atoms with E-state index >= 15 is 0 Å². The van der Waals surface area contributed by atoms with Crippen molar-refractivity contribution >= 4 is 11.8 Å². The molecule has 0 unspecified atom stereocenters. The van der Waals surface area contributed by atoms with Crippen LogP contribution >= 0.6 is 0 Å². The maximum absolute atomic E-state index is 12.9. The SMILES string of the molecule is Cc1ccncc1C(=O)N1CCCn2nc(C(=O)NCCN(C)C)cc2C1. The Bertz CT molecular complexity index is 829. The second-order valence-corrected chi connectivity index (χ2v) is 7.07. The zero-order valence-corrected chi connectivity index (χ0v) is 16.1. The first-order valence-corrected chi connectivity index (χ1v) is 9.15. The number of carbonyl (C=O) groups is 2. The molecule has 144 valence electrons. The van der Waals surface area contributed by atoms with Crippen molar-refractivity contribution in [1.29, 1.82) is 0 Å². The zero-order chi connectivity index (χ0) is 19.4. The van der Waals surface area contributed by atoms with Crippen molar-refractivity contribution in [1.82, 2.24) is 29.9 Å². The predicted octanol–water partition coefficient (Wildman–Crippen LogP) is 0.924. The Morgan fingerprint density at radius 2 is 2.11 bits per heavy atom. The number of nitrogens with zero attached hydrogens (tertiary/aromatic N) is 5. The number of nitrogens with one attached hydrogen (secondary N) is 1. The normalized spacial score (nSPS) is 14.0. The van der Waals surface area contributed by atoms with Crippen molar-refractivity contribution in [3.63, 3.8) is 0 Å². The number of carbonyl (C=O) groups excluding carboxylic acids is 2. The number of aryl methyl sites for hydroxylation is 2. The van der Waals surface area contributed by atoms with E-state index in [1.54, 1.807) is 23.4 Å². The fourth-order valence-electron chi connectivity index (χ4n) is 3.09. The molecule has 0 aromatic carbocycles. The molecule has 1 N–H and O–H groups in total. The molecule has 0 radical (unpaired) electrons. The molecule has 8 heteroatoms. The minimum Gasteiger partial charge on any atom is -0.349 e. The average molecular weight is 370 g/mol. The summed E-state index contributed by atoms with van der Waals surface area (Å²) in [6, 6.07) is 3.62. The van der Waals surface area contributed by atoms with E-state index in [0.717, 1.165) is 24.2 Å². The van der Waals surface area contributed by atoms with Crippen LogP contribution in [-0.2, 0) is 13.1 Å². The molecule has 2 aromatic heterocycles. The van der Waals surface area contributed by atoms with Crippen LogP contribution in [0.1, 0.15) is 38.5 Å². The van der Waals surface area contributed by atoms with Crippen molar-refractivity contribution in [3.05, 3.63) is 47.0 Å². The summed E-state index contributed by atoms with van der Waals surface area (Å²) in [6.45, 7) is 5.03. The molecule has 0 saturated carbocycles. The minimum atomic E-state index is -0.182. The van der Waals surface area contributed by atoms with Gasteiger partial charge in [-0.15, -0.1) is 0 Å². The largest absolute Gasteiger partial charge is 0.349 e. The standard InChI is InChI=1S/C19H26N6O2/c1-14-5-6-20-12-16(14)19(27)24-8-4-9-25-15(13-24)11-17(22-25)18(26)21-7-10-23(2)3/h5-6,11-12H,4,7-10,13H2,1-3H3,(H,21,26). The van der Waals surface area contributed by atoms with Gasteiger partial charge in [0.25, 0.3) is 11.8 Å². The van der Waals surface area contributed by atoms with Crippen LogP contribution in [-0.4, -0.2) is 70.1 Å². The van der Waals surface area contributed by atoms with Gasteiger partial charge in [-0.25, -0.2) is 0 Å². The number of rotatable bonds is 5. The van der Waals surface area contributed by atoms with Crippen molar-refractivity contribution in [2.45, 2.75) is 26.4 Å². The number of hydrogen-bond acceptors (Lipinski definition) is 5. The summed E-state index contributed by atoms with van der Waals surface area (Å²) in [5.41, 5.74) is 2.80. The summed E-state index contributed by atoms with van der Waals surface area (Å²) in [4.78, 5) is 33.1. The third-order valence-electron chi connectivity index (χ3n) is 4.65. The highest BCUT2D eigenvalue weighted by atomic mass is 16.2. The van der Waals surface area contributed by atoms with Crippen LogP contribution in [0.5, 0.6) is 0 Å². The number of aromatic nitrogens is 3. The summed E-state index contributed by atoms with van der Waals surface area (Å²) in [7, 11) is 3.92. The molecule has 27 heavy (non-hydrogen) atoms. The van der Waals surface area contributed by atoms with Crippen molar-refractivity contribution in [3.8, 4) is 0 Å². The van der Waals surface area contributed by atoms with E-state index in [0.29, 0.717) is 37.4 Å². The fraction of sp³-hybridized carbons (Fsp3) is 0.474. The number of amides is 2. The smallest absolute Gasteiger partial charge is 0.271 e. The van der Waals surface area contributed by atoms with Crippen molar-refractivity contribution < 1.29 is 9.59 Å². The van der Waals surface area contributed by atoms with Gasteiger partial charge in [0, 0.05) is 38.6 Å². The second-order valence-electron chi connectivity index (χ2n) is 7.07. The molecule has 0 spiro atoms. The molecule has 1 aliphatic heterocycles. The van der Waals surface area contributed by atoms with Crippen molar-refractivity contribution in [2.24, 2.45) is 0 Å². The van der Waals surface area contributed by atoms with E-state index in [4.69, 9.17) is 0 Å². The van der Waals surface area contributed by atoms with Crippen LogP contribution in [0.2, 0.25) is 0 Å². The quantitative estimate of drug-likeness (QED) is 0.846. The van der Waals surface area contributed by atoms with Gasteiger partial charge >= 0.3 is 0 Å². The first-order chi connectivity index (χ1) is 13.0. The molecular formula is C19H26N6O2. The zero-order valence-electron chi connectivity index (χ0n) is 16.1. The molecule has 0 atom stereocenters. The molecule has 0 saturated heterocycles. The number of hydrogen-bond donors (Lipinski definition) is 1. The van der Waals surface area contributed by atoms with Crippen LogP contribution < -0.4 is 5.32 Å². The maximum Gasteiger partial charge on any atom is 0.271 e. The maximum atomic E-state index is 12.9. The predicted molar refractivity (Wildman–Crippen MR) is 101 cm³/mol. The highest BCUT2D eigenvalue weighted by Crippen LogP contribution is 2.17. The summed E-state index contributed by atoms with van der Waals surface area (Å²) in [6.07, 6.45) is 4.09. The number of pyridine rings is 1. The van der Waals surface area contributed by atoms with Crippen LogP contribution in [0.3, 0.4) is 0 Å². The van der Waals surface area contributed by atoms with E-state index in [2.05, 4.69) is 15.4 Å².